The molecule has 13 heteroatoms. The number of rotatable bonds is 2. The maximum absolute atomic E-state index is 15.5. The molecule has 2 unspecified atom stereocenters. The number of hydrogen-bond donors (Lipinski definition) is 2. The first-order valence-electron chi connectivity index (χ1n) is 10.00. The van der Waals surface area contributed by atoms with Crippen LogP contribution in [-0.4, -0.2) is 45.9 Å². The van der Waals surface area contributed by atoms with Gasteiger partial charge in [0.2, 0.25) is 0 Å². The number of hydrogen-bond acceptors (Lipinski definition) is 7. The average molecular weight is 485 g/mol. The van der Waals surface area contributed by atoms with Crippen molar-refractivity contribution in [2.45, 2.75) is 43.9 Å². The second-order valence-corrected chi connectivity index (χ2v) is 9.00. The van der Waals surface area contributed by atoms with Crippen LogP contribution in [0.25, 0.3) is 11.1 Å². The Hall–Kier alpha value is -3.19. The molecule has 8 nitrogen and oxygen atoms in total. The lowest BCUT2D eigenvalue weighted by Gasteiger charge is -2.47. The van der Waals surface area contributed by atoms with Crippen molar-refractivity contribution in [1.82, 2.24) is 20.2 Å². The molecule has 1 aliphatic carbocycles. The largest absolute Gasteiger partial charge is 0.491 e. The van der Waals surface area contributed by atoms with Gasteiger partial charge in [-0.2, -0.15) is 13.2 Å². The second kappa shape index (κ2) is 7.15. The summed E-state index contributed by atoms with van der Waals surface area (Å²) in [5.41, 5.74) is 2.18. The number of nitrogens with zero attached hydrogens (tertiary/aromatic N) is 3. The lowest BCUT2D eigenvalue weighted by atomic mass is 9.62. The number of halogens is 5. The second-order valence-electron chi connectivity index (χ2n) is 9.00. The number of aromatic nitrogens is 2. The van der Waals surface area contributed by atoms with Crippen LogP contribution in [0.3, 0.4) is 0 Å². The molecule has 3 N–H and O–H groups in total. The zero-order valence-electron chi connectivity index (χ0n) is 18.2. The molecule has 0 bridgehead atoms. The highest BCUT2D eigenvalue weighted by atomic mass is 19.4. The van der Waals surface area contributed by atoms with Gasteiger partial charge >= 0.3 is 18.1 Å². The summed E-state index contributed by atoms with van der Waals surface area (Å²) in [6.07, 6.45) is -1.82. The molecule has 1 fully saturated rings. The number of fused-ring (bicyclic) bond motifs is 2. The Morgan fingerprint density at radius 1 is 1.15 bits per heavy atom. The van der Waals surface area contributed by atoms with Crippen molar-refractivity contribution in [2.75, 3.05) is 7.05 Å². The lowest BCUT2D eigenvalue weighted by molar-refractivity contribution is -0.229. The number of alkyl halides is 5. The summed E-state index contributed by atoms with van der Waals surface area (Å²) in [5.74, 6) is -9.73. The minimum absolute atomic E-state index is 0.203. The van der Waals surface area contributed by atoms with Gasteiger partial charge in [0.05, 0.1) is 0 Å². The summed E-state index contributed by atoms with van der Waals surface area (Å²) < 4.78 is 74.0. The quantitative estimate of drug-likeness (QED) is 0.382. The zero-order chi connectivity index (χ0) is 25.3. The van der Waals surface area contributed by atoms with Crippen molar-refractivity contribution in [3.8, 4) is 11.1 Å². The Morgan fingerprint density at radius 3 is 2.35 bits per heavy atom. The number of nitrogens with two attached hydrogens (primary N) is 1. The number of benzene rings is 1. The van der Waals surface area contributed by atoms with E-state index in [-0.39, 0.29) is 5.56 Å². The fourth-order valence-electron chi connectivity index (χ4n) is 4.51. The fourth-order valence-corrected chi connectivity index (χ4v) is 4.51. The van der Waals surface area contributed by atoms with E-state index < -0.39 is 52.9 Å². The summed E-state index contributed by atoms with van der Waals surface area (Å²) in [6.45, 7) is 2.45. The van der Waals surface area contributed by atoms with Gasteiger partial charge in [-0.1, -0.05) is 26.0 Å². The van der Waals surface area contributed by atoms with Crippen LogP contribution in [0, 0.1) is 5.41 Å². The maximum atomic E-state index is 15.5. The highest BCUT2D eigenvalue weighted by molar-refractivity contribution is 5.92. The van der Waals surface area contributed by atoms with Crippen molar-refractivity contribution in [1.29, 1.82) is 0 Å². The van der Waals surface area contributed by atoms with Crippen LogP contribution in [0.1, 0.15) is 31.4 Å². The number of amides is 1. The molecule has 2 heterocycles. The molecule has 2 aromatic rings. The number of esters is 1. The molecule has 1 saturated heterocycles. The van der Waals surface area contributed by atoms with Crippen molar-refractivity contribution in [2.24, 2.45) is 11.1 Å². The molecule has 1 aromatic carbocycles. The molecule has 182 valence electrons. The van der Waals surface area contributed by atoms with E-state index >= 15 is 8.78 Å². The van der Waals surface area contributed by atoms with Gasteiger partial charge in [-0.3, -0.25) is 15.4 Å². The van der Waals surface area contributed by atoms with Crippen molar-refractivity contribution < 1.29 is 36.3 Å². The highest BCUT2D eigenvalue weighted by Gasteiger charge is 2.68. The van der Waals surface area contributed by atoms with Crippen molar-refractivity contribution >= 4 is 11.9 Å². The molecular formula is C21H20F5N5O3. The van der Waals surface area contributed by atoms with Crippen LogP contribution in [0.15, 0.2) is 36.9 Å². The van der Waals surface area contributed by atoms with E-state index in [4.69, 9.17) is 5.73 Å². The first-order chi connectivity index (χ1) is 15.6. The Labute approximate surface area is 190 Å². The maximum Gasteiger partial charge on any atom is 0.491 e. The molecule has 0 radical (unpaired) electrons. The predicted molar refractivity (Wildman–Crippen MR) is 106 cm³/mol. The van der Waals surface area contributed by atoms with Crippen molar-refractivity contribution in [3.63, 3.8) is 0 Å². The Morgan fingerprint density at radius 2 is 1.76 bits per heavy atom. The smallest absolute Gasteiger partial charge is 0.404 e. The van der Waals surface area contributed by atoms with Gasteiger partial charge in [-0.05, 0) is 23.6 Å². The lowest BCUT2D eigenvalue weighted by Crippen LogP contribution is -2.65. The Balaban J connectivity index is 1.91. The Kier molecular flexibility index (Phi) is 5.04. The number of likely N-dealkylation sites (N-methyl/N-ethyl adjacent to an activating group) is 1. The van der Waals surface area contributed by atoms with Gasteiger partial charge in [0.15, 0.2) is 0 Å². The molecule has 2 aliphatic rings. The summed E-state index contributed by atoms with van der Waals surface area (Å²) in [6, 6.07) is 3.86. The number of nitrogens with one attached hydrogen (secondary N) is 1. The van der Waals surface area contributed by atoms with Crippen LogP contribution < -0.4 is 11.1 Å². The van der Waals surface area contributed by atoms with Gasteiger partial charge < -0.3 is 4.74 Å². The third kappa shape index (κ3) is 3.33. The summed E-state index contributed by atoms with van der Waals surface area (Å²) in [5, 5.41) is 2.46. The first kappa shape index (κ1) is 24.0. The molecule has 1 spiro atoms. The molecule has 34 heavy (non-hydrogen) atoms. The van der Waals surface area contributed by atoms with Crippen LogP contribution in [-0.2, 0) is 25.8 Å². The minimum Gasteiger partial charge on any atom is -0.404 e. The first-order valence-corrected chi connectivity index (χ1v) is 10.00. The van der Waals surface area contributed by atoms with Crippen LogP contribution in [0.5, 0.6) is 0 Å². The topological polar surface area (TPSA) is 110 Å². The molecule has 2 atom stereocenters. The van der Waals surface area contributed by atoms with E-state index in [0.717, 1.165) is 13.1 Å². The molecule has 4 rings (SSSR count). The van der Waals surface area contributed by atoms with Crippen LogP contribution >= 0.6 is 0 Å². The zero-order valence-corrected chi connectivity index (χ0v) is 18.2. The monoisotopic (exact) mass is 485 g/mol. The van der Waals surface area contributed by atoms with E-state index in [1.54, 1.807) is 0 Å². The number of carbonyl (C=O) groups is 2. The standard InChI is InChI=1S/C21H20F5N5O3/c1-17(2)9-18(15(32)31(3)21(27,30-18)34-16(33)20(24,25)26)14-6-11(12-7-28-10-29-8-12)4-5-13(14)19(17,22)23/h4-8,10,30H,9,27H2,1-3H3. The molecule has 1 amide bonds. The molecule has 1 aliphatic heterocycles. The van der Waals surface area contributed by atoms with Gasteiger partial charge in [-0.25, -0.2) is 28.9 Å². The van der Waals surface area contributed by atoms with E-state index in [1.807, 2.05) is 0 Å². The van der Waals surface area contributed by atoms with Gasteiger partial charge in [0.1, 0.15) is 11.9 Å². The van der Waals surface area contributed by atoms with Gasteiger partial charge in [-0.15, -0.1) is 0 Å². The van der Waals surface area contributed by atoms with E-state index in [9.17, 15) is 22.8 Å². The third-order valence-electron chi connectivity index (χ3n) is 6.31. The molecule has 0 saturated carbocycles. The summed E-state index contributed by atoms with van der Waals surface area (Å²) >= 11 is 0. The summed E-state index contributed by atoms with van der Waals surface area (Å²) in [4.78, 5) is 33.3. The minimum atomic E-state index is -5.40. The molecular weight excluding hydrogens is 465 g/mol. The average Bonchev–Trinajstić information content (AvgIpc) is 2.93. The van der Waals surface area contributed by atoms with E-state index in [0.29, 0.717) is 16.0 Å². The highest BCUT2D eigenvalue weighted by Crippen LogP contribution is 2.59. The predicted octanol–water partition coefficient (Wildman–Crippen LogP) is 2.60. The van der Waals surface area contributed by atoms with E-state index in [2.05, 4.69) is 20.0 Å². The van der Waals surface area contributed by atoms with Gasteiger partial charge in [0.25, 0.3) is 11.8 Å². The molecule has 1 aromatic heterocycles. The van der Waals surface area contributed by atoms with E-state index in [1.165, 1.54) is 44.7 Å². The van der Waals surface area contributed by atoms with Gasteiger partial charge in [0, 0.05) is 36.0 Å². The normalized spacial score (nSPS) is 27.6. The van der Waals surface area contributed by atoms with Crippen molar-refractivity contribution in [3.05, 3.63) is 48.0 Å². The van der Waals surface area contributed by atoms with Crippen LogP contribution in [0.4, 0.5) is 22.0 Å². The summed E-state index contributed by atoms with van der Waals surface area (Å²) in [7, 11) is 1.02. The third-order valence-corrected chi connectivity index (χ3v) is 6.31. The SMILES string of the molecule is CN1C(=O)C2(CC(C)(C)C(F)(F)c3ccc(-c4cncnc4)cc32)NC1(N)OC(=O)C(F)(F)F. The number of ether oxygens (including phenoxy) is 1. The Bertz CT molecular complexity index is 1170. The fraction of sp³-hybridized carbons (Fsp3) is 0.429. The van der Waals surface area contributed by atoms with Crippen LogP contribution in [0.2, 0.25) is 0 Å². The number of carbonyl (C=O) groups excluding carboxylic acids is 2.